The van der Waals surface area contributed by atoms with E-state index in [1.54, 1.807) is 25.3 Å². The first-order valence-electron chi connectivity index (χ1n) is 5.52. The molecule has 18 heavy (non-hydrogen) atoms. The van der Waals surface area contributed by atoms with Gasteiger partial charge in [0, 0.05) is 19.3 Å². The number of pyridine rings is 1. The van der Waals surface area contributed by atoms with Crippen LogP contribution in [0.4, 0.5) is 0 Å². The van der Waals surface area contributed by atoms with E-state index in [4.69, 9.17) is 4.52 Å². The summed E-state index contributed by atoms with van der Waals surface area (Å²) in [4.78, 5) is 20.0. The van der Waals surface area contributed by atoms with Crippen LogP contribution in [0.2, 0.25) is 0 Å². The Morgan fingerprint density at radius 1 is 1.44 bits per heavy atom. The third-order valence-electron chi connectivity index (χ3n) is 2.44. The molecule has 0 fully saturated rings. The third-order valence-corrected chi connectivity index (χ3v) is 2.44. The summed E-state index contributed by atoms with van der Waals surface area (Å²) in [5.74, 6) is 0.682. The van der Waals surface area contributed by atoms with Crippen molar-refractivity contribution in [2.75, 3.05) is 0 Å². The average Bonchev–Trinajstić information content (AvgIpc) is 2.77. The lowest BCUT2D eigenvalue weighted by molar-refractivity contribution is 0.0907. The maximum atomic E-state index is 12.0. The second kappa shape index (κ2) is 4.56. The zero-order chi connectivity index (χ0) is 13.2. The van der Waals surface area contributed by atoms with Gasteiger partial charge in [-0.1, -0.05) is 5.16 Å². The van der Waals surface area contributed by atoms with Gasteiger partial charge in [-0.2, -0.15) is 4.98 Å². The first-order chi connectivity index (χ1) is 8.49. The quantitative estimate of drug-likeness (QED) is 0.886. The van der Waals surface area contributed by atoms with Crippen molar-refractivity contribution in [2.24, 2.45) is 0 Å². The molecule has 2 heterocycles. The van der Waals surface area contributed by atoms with Crippen molar-refractivity contribution in [1.82, 2.24) is 20.4 Å². The maximum absolute atomic E-state index is 12.0. The lowest BCUT2D eigenvalue weighted by Gasteiger charge is -2.22. The van der Waals surface area contributed by atoms with E-state index in [0.717, 1.165) is 0 Å². The Morgan fingerprint density at radius 2 is 2.22 bits per heavy atom. The van der Waals surface area contributed by atoms with Gasteiger partial charge in [0.2, 0.25) is 5.89 Å². The number of nitrogens with one attached hydrogen (secondary N) is 1. The SMILES string of the molecule is Cc1nc(C(C)(C)NC(=O)c2cccnc2)no1. The minimum atomic E-state index is -0.704. The Bertz CT molecular complexity index is 548. The molecule has 0 saturated carbocycles. The summed E-state index contributed by atoms with van der Waals surface area (Å²) in [6, 6.07) is 3.40. The van der Waals surface area contributed by atoms with Gasteiger partial charge in [0.15, 0.2) is 5.82 Å². The number of hydrogen-bond donors (Lipinski definition) is 1. The molecule has 2 aromatic rings. The van der Waals surface area contributed by atoms with Crippen LogP contribution in [0.25, 0.3) is 0 Å². The molecular formula is C12H14N4O2. The first-order valence-corrected chi connectivity index (χ1v) is 5.52. The summed E-state index contributed by atoms with van der Waals surface area (Å²) in [6.45, 7) is 5.33. The summed E-state index contributed by atoms with van der Waals surface area (Å²) in [7, 11) is 0. The standard InChI is InChI=1S/C12H14N4O2/c1-8-14-11(16-18-8)12(2,3)15-10(17)9-5-4-6-13-7-9/h4-7H,1-3H3,(H,15,17). The molecular weight excluding hydrogens is 232 g/mol. The summed E-state index contributed by atoms with van der Waals surface area (Å²) < 4.78 is 4.91. The van der Waals surface area contributed by atoms with Crippen LogP contribution >= 0.6 is 0 Å². The third kappa shape index (κ3) is 2.53. The molecule has 2 rings (SSSR count). The van der Waals surface area contributed by atoms with E-state index in [1.807, 2.05) is 13.8 Å². The predicted molar refractivity (Wildman–Crippen MR) is 63.8 cm³/mol. The molecule has 1 amide bonds. The fourth-order valence-corrected chi connectivity index (χ4v) is 1.46. The molecule has 0 unspecified atom stereocenters. The van der Waals surface area contributed by atoms with Crippen LogP contribution in [0.1, 0.15) is 35.9 Å². The number of rotatable bonds is 3. The Kier molecular flexibility index (Phi) is 3.10. The fourth-order valence-electron chi connectivity index (χ4n) is 1.46. The van der Waals surface area contributed by atoms with Crippen molar-refractivity contribution in [3.8, 4) is 0 Å². The van der Waals surface area contributed by atoms with Gasteiger partial charge >= 0.3 is 0 Å². The van der Waals surface area contributed by atoms with Crippen LogP contribution < -0.4 is 5.32 Å². The highest BCUT2D eigenvalue weighted by Gasteiger charge is 2.28. The van der Waals surface area contributed by atoms with Gasteiger partial charge in [0.25, 0.3) is 5.91 Å². The molecule has 0 radical (unpaired) electrons. The van der Waals surface area contributed by atoms with Gasteiger partial charge in [0.1, 0.15) is 0 Å². The fraction of sp³-hybridized carbons (Fsp3) is 0.333. The van der Waals surface area contributed by atoms with Crippen LogP contribution in [-0.2, 0) is 5.54 Å². The van der Waals surface area contributed by atoms with E-state index in [0.29, 0.717) is 17.3 Å². The van der Waals surface area contributed by atoms with Crippen molar-refractivity contribution in [1.29, 1.82) is 0 Å². The number of nitrogens with zero attached hydrogens (tertiary/aromatic N) is 3. The highest BCUT2D eigenvalue weighted by molar-refractivity contribution is 5.94. The van der Waals surface area contributed by atoms with Gasteiger partial charge in [-0.05, 0) is 26.0 Å². The zero-order valence-electron chi connectivity index (χ0n) is 10.5. The molecule has 0 aliphatic rings. The minimum absolute atomic E-state index is 0.226. The predicted octanol–water partition coefficient (Wildman–Crippen LogP) is 1.44. The van der Waals surface area contributed by atoms with Crippen LogP contribution in [0.5, 0.6) is 0 Å². The molecule has 0 aromatic carbocycles. The van der Waals surface area contributed by atoms with E-state index in [9.17, 15) is 4.79 Å². The summed E-state index contributed by atoms with van der Waals surface area (Å²) in [6.07, 6.45) is 3.12. The van der Waals surface area contributed by atoms with Gasteiger partial charge in [-0.3, -0.25) is 9.78 Å². The average molecular weight is 246 g/mol. The van der Waals surface area contributed by atoms with Crippen molar-refractivity contribution in [3.63, 3.8) is 0 Å². The molecule has 6 heteroatoms. The van der Waals surface area contributed by atoms with Gasteiger partial charge < -0.3 is 9.84 Å². The number of carbonyl (C=O) groups is 1. The monoisotopic (exact) mass is 246 g/mol. The highest BCUT2D eigenvalue weighted by Crippen LogP contribution is 2.17. The van der Waals surface area contributed by atoms with Crippen molar-refractivity contribution >= 4 is 5.91 Å². The largest absolute Gasteiger partial charge is 0.340 e. The smallest absolute Gasteiger partial charge is 0.253 e. The van der Waals surface area contributed by atoms with Gasteiger partial charge in [-0.15, -0.1) is 0 Å². The Hall–Kier alpha value is -2.24. The van der Waals surface area contributed by atoms with E-state index >= 15 is 0 Å². The molecule has 1 N–H and O–H groups in total. The number of hydrogen-bond acceptors (Lipinski definition) is 5. The Morgan fingerprint density at radius 3 is 2.78 bits per heavy atom. The van der Waals surface area contributed by atoms with E-state index in [-0.39, 0.29) is 5.91 Å². The van der Waals surface area contributed by atoms with Crippen LogP contribution in [0, 0.1) is 6.92 Å². The summed E-state index contributed by atoms with van der Waals surface area (Å²) >= 11 is 0. The summed E-state index contributed by atoms with van der Waals surface area (Å²) in [5.41, 5.74) is -0.212. The van der Waals surface area contributed by atoms with Gasteiger partial charge in [-0.25, -0.2) is 0 Å². The molecule has 94 valence electrons. The molecule has 0 saturated heterocycles. The first kappa shape index (κ1) is 12.2. The number of carbonyl (C=O) groups excluding carboxylic acids is 1. The Labute approximate surface area is 104 Å². The van der Waals surface area contributed by atoms with E-state index in [1.165, 1.54) is 6.20 Å². The van der Waals surface area contributed by atoms with Crippen LogP contribution in [0.15, 0.2) is 29.0 Å². The number of amides is 1. The second-order valence-corrected chi connectivity index (χ2v) is 4.46. The van der Waals surface area contributed by atoms with Crippen LogP contribution in [-0.4, -0.2) is 21.0 Å². The van der Waals surface area contributed by atoms with Crippen molar-refractivity contribution in [2.45, 2.75) is 26.3 Å². The van der Waals surface area contributed by atoms with Crippen molar-refractivity contribution < 1.29 is 9.32 Å². The Balaban J connectivity index is 2.16. The molecule has 0 aliphatic heterocycles. The lowest BCUT2D eigenvalue weighted by atomic mass is 10.0. The van der Waals surface area contributed by atoms with E-state index < -0.39 is 5.54 Å². The molecule has 6 nitrogen and oxygen atoms in total. The molecule has 0 atom stereocenters. The number of aromatic nitrogens is 3. The van der Waals surface area contributed by atoms with Crippen LogP contribution in [0.3, 0.4) is 0 Å². The van der Waals surface area contributed by atoms with E-state index in [2.05, 4.69) is 20.4 Å². The highest BCUT2D eigenvalue weighted by atomic mass is 16.5. The van der Waals surface area contributed by atoms with Gasteiger partial charge in [0.05, 0.1) is 11.1 Å². The van der Waals surface area contributed by atoms with Crippen molar-refractivity contribution in [3.05, 3.63) is 41.8 Å². The molecule has 2 aromatic heterocycles. The minimum Gasteiger partial charge on any atom is -0.340 e. The lowest BCUT2D eigenvalue weighted by Crippen LogP contribution is -2.41. The normalized spacial score (nSPS) is 11.3. The molecule has 0 spiro atoms. The molecule has 0 bridgehead atoms. The number of aryl methyl sites for hydroxylation is 1. The summed E-state index contributed by atoms with van der Waals surface area (Å²) in [5, 5.41) is 6.66. The topological polar surface area (TPSA) is 80.9 Å². The zero-order valence-corrected chi connectivity index (χ0v) is 10.5. The molecule has 0 aliphatic carbocycles. The maximum Gasteiger partial charge on any atom is 0.253 e. The second-order valence-electron chi connectivity index (χ2n) is 4.46.